The Bertz CT molecular complexity index is 882. The Morgan fingerprint density at radius 3 is 2.50 bits per heavy atom. The van der Waals surface area contributed by atoms with Crippen molar-refractivity contribution < 1.29 is 27.3 Å². The smallest absolute Gasteiger partial charge is 0.361 e. The second kappa shape index (κ2) is 7.03. The van der Waals surface area contributed by atoms with Gasteiger partial charge in [0, 0.05) is 17.9 Å². The van der Waals surface area contributed by atoms with Crippen LogP contribution in [0, 0.1) is 0 Å². The van der Waals surface area contributed by atoms with Crippen LogP contribution in [0.4, 0.5) is 18.9 Å². The third-order valence-corrected chi connectivity index (χ3v) is 4.58. The van der Waals surface area contributed by atoms with Crippen LogP contribution in [0.1, 0.15) is 50.8 Å². The van der Waals surface area contributed by atoms with E-state index >= 15 is 0 Å². The van der Waals surface area contributed by atoms with Crippen LogP contribution in [0.15, 0.2) is 28.9 Å². The zero-order valence-electron chi connectivity index (χ0n) is 15.7. The molecule has 1 amide bonds. The highest BCUT2D eigenvalue weighted by Gasteiger charge is 2.38. The lowest BCUT2D eigenvalue weighted by Crippen LogP contribution is -2.39. The molecule has 1 aliphatic heterocycles. The molecule has 0 radical (unpaired) electrons. The molecular formula is C19H20F3N3O3. The van der Waals surface area contributed by atoms with Gasteiger partial charge in [-0.25, -0.2) is 4.98 Å². The number of aromatic nitrogens is 2. The van der Waals surface area contributed by atoms with Crippen LogP contribution in [-0.2, 0) is 27.6 Å². The van der Waals surface area contributed by atoms with Crippen molar-refractivity contribution in [1.29, 1.82) is 0 Å². The van der Waals surface area contributed by atoms with Crippen LogP contribution in [0.2, 0.25) is 0 Å². The van der Waals surface area contributed by atoms with E-state index in [0.29, 0.717) is 17.9 Å². The average Bonchev–Trinajstić information content (AvgIpc) is 3.20. The van der Waals surface area contributed by atoms with Crippen molar-refractivity contribution >= 4 is 17.4 Å². The molecule has 0 aromatic carbocycles. The number of carbonyl (C=O) groups is 2. The quantitative estimate of drug-likeness (QED) is 0.789. The number of amides is 1. The van der Waals surface area contributed by atoms with Gasteiger partial charge in [-0.3, -0.25) is 9.59 Å². The molecule has 1 fully saturated rings. The molecule has 150 valence electrons. The van der Waals surface area contributed by atoms with Crippen molar-refractivity contribution in [3.63, 3.8) is 0 Å². The summed E-state index contributed by atoms with van der Waals surface area (Å²) in [6.45, 7) is 5.89. The highest BCUT2D eigenvalue weighted by Crippen LogP contribution is 2.32. The van der Waals surface area contributed by atoms with E-state index in [2.05, 4.69) is 10.1 Å². The number of hydrogen-bond donors (Lipinski definition) is 0. The molecule has 0 N–H and O–H groups in total. The summed E-state index contributed by atoms with van der Waals surface area (Å²) in [5, 5.41) is 3.97. The first kappa shape index (κ1) is 20.0. The summed E-state index contributed by atoms with van der Waals surface area (Å²) < 4.78 is 43.3. The summed E-state index contributed by atoms with van der Waals surface area (Å²) in [6.07, 6.45) is -3.22. The molecule has 1 saturated heterocycles. The van der Waals surface area contributed by atoms with Gasteiger partial charge < -0.3 is 9.42 Å². The minimum absolute atomic E-state index is 0.0500. The van der Waals surface area contributed by atoms with Crippen LogP contribution in [0.25, 0.3) is 0 Å². The highest BCUT2D eigenvalue weighted by molar-refractivity contribution is 6.04. The Hall–Kier alpha value is -2.71. The van der Waals surface area contributed by atoms with Crippen LogP contribution in [-0.4, -0.2) is 27.9 Å². The number of ketones is 1. The maximum atomic E-state index is 12.7. The second-order valence-electron chi connectivity index (χ2n) is 7.79. The summed E-state index contributed by atoms with van der Waals surface area (Å²) in [4.78, 5) is 29.6. The number of rotatable bonds is 4. The minimum Gasteiger partial charge on any atom is -0.361 e. The molecule has 0 spiro atoms. The van der Waals surface area contributed by atoms with Crippen LogP contribution in [0.5, 0.6) is 0 Å². The number of Topliss-reactive ketones (excluding diaryl/α,β-unsaturated/α-hetero) is 1. The third kappa shape index (κ3) is 4.07. The molecule has 28 heavy (non-hydrogen) atoms. The molecule has 2 aromatic rings. The molecule has 0 bridgehead atoms. The predicted molar refractivity (Wildman–Crippen MR) is 93.7 cm³/mol. The molecule has 1 atom stereocenters. The fourth-order valence-corrected chi connectivity index (χ4v) is 3.05. The maximum Gasteiger partial charge on any atom is 0.433 e. The third-order valence-electron chi connectivity index (χ3n) is 4.58. The molecule has 1 aliphatic rings. The molecular weight excluding hydrogens is 375 g/mol. The monoisotopic (exact) mass is 395 g/mol. The number of hydrogen-bond acceptors (Lipinski definition) is 5. The Morgan fingerprint density at radius 1 is 1.25 bits per heavy atom. The van der Waals surface area contributed by atoms with Crippen LogP contribution < -0.4 is 4.90 Å². The van der Waals surface area contributed by atoms with Gasteiger partial charge in [0.2, 0.25) is 5.91 Å². The van der Waals surface area contributed by atoms with Gasteiger partial charge in [0.15, 0.2) is 5.78 Å². The van der Waals surface area contributed by atoms with Gasteiger partial charge in [-0.1, -0.05) is 25.9 Å². The second-order valence-corrected chi connectivity index (χ2v) is 7.79. The van der Waals surface area contributed by atoms with Gasteiger partial charge in [0.25, 0.3) is 0 Å². The van der Waals surface area contributed by atoms with Crippen molar-refractivity contribution in [2.75, 3.05) is 4.90 Å². The maximum absolute atomic E-state index is 12.7. The molecule has 9 heteroatoms. The van der Waals surface area contributed by atoms with E-state index in [0.717, 1.165) is 18.3 Å². The number of carbonyl (C=O) groups excluding carboxylic acids is 2. The van der Waals surface area contributed by atoms with E-state index in [1.54, 1.807) is 6.07 Å². The first-order chi connectivity index (χ1) is 13.0. The Labute approximate surface area is 159 Å². The Morgan fingerprint density at radius 2 is 1.96 bits per heavy atom. The number of pyridine rings is 1. The molecule has 3 heterocycles. The summed E-state index contributed by atoms with van der Waals surface area (Å²) in [5.74, 6) is -0.199. The number of halogens is 3. The summed E-state index contributed by atoms with van der Waals surface area (Å²) in [7, 11) is 0. The van der Waals surface area contributed by atoms with Crippen molar-refractivity contribution in [3.05, 3.63) is 41.5 Å². The van der Waals surface area contributed by atoms with Gasteiger partial charge in [-0.05, 0) is 18.6 Å². The normalized spacial score (nSPS) is 18.0. The summed E-state index contributed by atoms with van der Waals surface area (Å²) in [5.41, 5.74) is -0.406. The molecule has 6 nitrogen and oxygen atoms in total. The lowest BCUT2D eigenvalue weighted by Gasteiger charge is -2.23. The summed E-state index contributed by atoms with van der Waals surface area (Å²) in [6, 6.07) is 2.90. The molecule has 3 rings (SSSR count). The van der Waals surface area contributed by atoms with E-state index in [1.165, 1.54) is 4.90 Å². The number of anilines is 1. The van der Waals surface area contributed by atoms with Crippen LogP contribution >= 0.6 is 0 Å². The zero-order chi connectivity index (χ0) is 20.7. The van der Waals surface area contributed by atoms with E-state index in [-0.39, 0.29) is 35.6 Å². The minimum atomic E-state index is -4.57. The molecule has 2 aromatic heterocycles. The highest BCUT2D eigenvalue weighted by atomic mass is 19.4. The fourth-order valence-electron chi connectivity index (χ4n) is 3.05. The largest absolute Gasteiger partial charge is 0.433 e. The Kier molecular flexibility index (Phi) is 5.03. The Balaban J connectivity index is 1.78. The summed E-state index contributed by atoms with van der Waals surface area (Å²) >= 11 is 0. The predicted octanol–water partition coefficient (Wildman–Crippen LogP) is 3.69. The van der Waals surface area contributed by atoms with Crippen molar-refractivity contribution in [2.45, 2.75) is 57.7 Å². The van der Waals surface area contributed by atoms with Crippen LogP contribution in [0.3, 0.4) is 0 Å². The van der Waals surface area contributed by atoms with Gasteiger partial charge in [0.05, 0.1) is 30.0 Å². The van der Waals surface area contributed by atoms with Gasteiger partial charge >= 0.3 is 6.18 Å². The SMILES string of the molecule is CC(C)(C)c1cc(CC(=O)[C@@H]2CCC(=O)N2c2ccc(C(F)(F)F)nc2)on1. The standard InChI is InChI=1S/C19H20F3N3O3/c1-18(2,3)16-9-12(28-24-16)8-14(26)13-5-7-17(27)25(13)11-4-6-15(23-10-11)19(20,21)22/h4,6,9-10,13H,5,7-8H2,1-3H3/t13-/m0/s1. The van der Waals surface area contributed by atoms with E-state index in [4.69, 9.17) is 4.52 Å². The van der Waals surface area contributed by atoms with Gasteiger partial charge in [-0.2, -0.15) is 13.2 Å². The zero-order valence-corrected chi connectivity index (χ0v) is 15.7. The first-order valence-electron chi connectivity index (χ1n) is 8.81. The average molecular weight is 395 g/mol. The van der Waals surface area contributed by atoms with E-state index in [1.807, 2.05) is 20.8 Å². The van der Waals surface area contributed by atoms with Gasteiger partial charge in [0.1, 0.15) is 11.5 Å². The van der Waals surface area contributed by atoms with E-state index < -0.39 is 17.9 Å². The fraction of sp³-hybridized carbons (Fsp3) is 0.474. The number of nitrogens with zero attached hydrogens (tertiary/aromatic N) is 3. The number of alkyl halides is 3. The molecule has 0 aliphatic carbocycles. The van der Waals surface area contributed by atoms with Crippen molar-refractivity contribution in [1.82, 2.24) is 10.1 Å². The topological polar surface area (TPSA) is 76.3 Å². The van der Waals surface area contributed by atoms with E-state index in [9.17, 15) is 22.8 Å². The van der Waals surface area contributed by atoms with Crippen molar-refractivity contribution in [2.24, 2.45) is 0 Å². The van der Waals surface area contributed by atoms with Gasteiger partial charge in [-0.15, -0.1) is 0 Å². The molecule has 0 saturated carbocycles. The van der Waals surface area contributed by atoms with Crippen molar-refractivity contribution in [3.8, 4) is 0 Å². The lowest BCUT2D eigenvalue weighted by atomic mass is 9.92. The first-order valence-corrected chi connectivity index (χ1v) is 8.81. The lowest BCUT2D eigenvalue weighted by molar-refractivity contribution is -0.141. The molecule has 0 unspecified atom stereocenters.